The van der Waals surface area contributed by atoms with E-state index in [1.54, 1.807) is 19.1 Å². The molecule has 1 saturated heterocycles. The number of hydrogen-bond acceptors (Lipinski definition) is 10. The Morgan fingerprint density at radius 3 is 2.59 bits per heavy atom. The molecule has 3 heterocycles. The van der Waals surface area contributed by atoms with Crippen molar-refractivity contribution in [2.45, 2.75) is 25.9 Å². The van der Waals surface area contributed by atoms with Gasteiger partial charge in [0.25, 0.3) is 5.88 Å². The molecule has 0 unspecified atom stereocenters. The summed E-state index contributed by atoms with van der Waals surface area (Å²) in [5.74, 6) is 1.13. The monoisotopic (exact) mass is 499 g/mol. The van der Waals surface area contributed by atoms with Crippen LogP contribution < -0.4 is 19.5 Å². The van der Waals surface area contributed by atoms with Gasteiger partial charge in [0.1, 0.15) is 19.0 Å². The molecule has 0 radical (unpaired) electrons. The molecule has 0 aromatic carbocycles. The van der Waals surface area contributed by atoms with Crippen molar-refractivity contribution in [1.29, 1.82) is 0 Å². The lowest BCUT2D eigenvalue weighted by molar-refractivity contribution is 0.0851. The SMILES string of the molecule is COc1c(Nc2ccc(OCCOP(=O)(O)O)nc2C)ncnc1OC1CCN(C(=O)O)CC1. The van der Waals surface area contributed by atoms with Crippen LogP contribution in [-0.2, 0) is 9.09 Å². The number of aromatic nitrogens is 3. The molecule has 1 fully saturated rings. The van der Waals surface area contributed by atoms with E-state index in [1.807, 2.05) is 0 Å². The Balaban J connectivity index is 1.64. The average Bonchev–Trinajstić information content (AvgIpc) is 2.78. The summed E-state index contributed by atoms with van der Waals surface area (Å²) < 4.78 is 31.8. The molecule has 0 saturated carbocycles. The van der Waals surface area contributed by atoms with Crippen LogP contribution in [0, 0.1) is 6.92 Å². The molecule has 0 aliphatic carbocycles. The van der Waals surface area contributed by atoms with E-state index >= 15 is 0 Å². The van der Waals surface area contributed by atoms with E-state index in [9.17, 15) is 9.36 Å². The number of likely N-dealkylation sites (tertiary alicyclic amines) is 1. The number of nitrogens with zero attached hydrogens (tertiary/aromatic N) is 4. The molecule has 3 rings (SSSR count). The van der Waals surface area contributed by atoms with Crippen LogP contribution in [0.5, 0.6) is 17.5 Å². The van der Waals surface area contributed by atoms with Gasteiger partial charge in [0.05, 0.1) is 25.1 Å². The van der Waals surface area contributed by atoms with Gasteiger partial charge in [0.2, 0.25) is 11.6 Å². The summed E-state index contributed by atoms with van der Waals surface area (Å²) in [5.41, 5.74) is 1.18. The number of nitrogens with one attached hydrogen (secondary N) is 1. The minimum Gasteiger partial charge on any atom is -0.489 e. The lowest BCUT2D eigenvalue weighted by Crippen LogP contribution is -2.41. The molecule has 1 aliphatic heterocycles. The molecule has 1 amide bonds. The number of methoxy groups -OCH3 is 1. The van der Waals surface area contributed by atoms with Gasteiger partial charge in [-0.05, 0) is 13.0 Å². The highest BCUT2D eigenvalue weighted by Crippen LogP contribution is 2.36. The van der Waals surface area contributed by atoms with Crippen molar-refractivity contribution < 1.29 is 43.0 Å². The molecule has 186 valence electrons. The van der Waals surface area contributed by atoms with Gasteiger partial charge in [-0.1, -0.05) is 0 Å². The Hall–Kier alpha value is -3.19. The number of phosphoric acid groups is 1. The van der Waals surface area contributed by atoms with Crippen molar-refractivity contribution >= 4 is 25.4 Å². The van der Waals surface area contributed by atoms with Crippen LogP contribution in [0.1, 0.15) is 18.5 Å². The highest BCUT2D eigenvalue weighted by Gasteiger charge is 2.26. The van der Waals surface area contributed by atoms with Crippen molar-refractivity contribution in [3.8, 4) is 17.5 Å². The van der Waals surface area contributed by atoms with E-state index in [-0.39, 0.29) is 36.8 Å². The van der Waals surface area contributed by atoms with Crippen molar-refractivity contribution in [3.63, 3.8) is 0 Å². The highest BCUT2D eigenvalue weighted by atomic mass is 31.2. The second-order valence-corrected chi connectivity index (χ2v) is 8.47. The first-order valence-electron chi connectivity index (χ1n) is 10.3. The second kappa shape index (κ2) is 11.3. The lowest BCUT2D eigenvalue weighted by Gasteiger charge is -2.30. The molecular weight excluding hydrogens is 473 g/mol. The van der Waals surface area contributed by atoms with Crippen LogP contribution in [0.15, 0.2) is 18.5 Å². The van der Waals surface area contributed by atoms with Gasteiger partial charge in [0, 0.05) is 32.0 Å². The molecule has 1 aliphatic rings. The number of pyridine rings is 1. The molecule has 2 aromatic rings. The number of rotatable bonds is 10. The lowest BCUT2D eigenvalue weighted by atomic mass is 10.1. The summed E-state index contributed by atoms with van der Waals surface area (Å²) in [6, 6.07) is 3.28. The van der Waals surface area contributed by atoms with Crippen molar-refractivity contribution in [3.05, 3.63) is 24.2 Å². The third-order valence-corrected chi connectivity index (χ3v) is 5.39. The number of carboxylic acid groups (broad SMARTS) is 1. The Kier molecular flexibility index (Phi) is 8.45. The van der Waals surface area contributed by atoms with Gasteiger partial charge < -0.3 is 39.3 Å². The van der Waals surface area contributed by atoms with Crippen LogP contribution in [0.25, 0.3) is 0 Å². The van der Waals surface area contributed by atoms with Crippen LogP contribution in [0.3, 0.4) is 0 Å². The Labute approximate surface area is 195 Å². The molecular formula is C19H26N5O9P. The maximum atomic E-state index is 11.1. The van der Waals surface area contributed by atoms with Gasteiger partial charge in [-0.3, -0.25) is 4.52 Å². The van der Waals surface area contributed by atoms with Gasteiger partial charge in [-0.15, -0.1) is 0 Å². The quantitative estimate of drug-likeness (QED) is 0.275. The highest BCUT2D eigenvalue weighted by molar-refractivity contribution is 7.46. The smallest absolute Gasteiger partial charge is 0.469 e. The van der Waals surface area contributed by atoms with Gasteiger partial charge in [-0.2, -0.15) is 4.98 Å². The standard InChI is InChI=1S/C19H26N5O9P/c1-12-14(3-4-15(22-12)31-9-10-32-34(27,28)29)23-17-16(30-2)18(21-11-20-17)33-13-5-7-24(8-6-13)19(25)26/h3-4,11,13H,5-10H2,1-2H3,(H,25,26)(H,20,21,23)(H2,27,28,29). The largest absolute Gasteiger partial charge is 0.489 e. The zero-order valence-corrected chi connectivity index (χ0v) is 19.5. The number of ether oxygens (including phenoxy) is 3. The fourth-order valence-corrected chi connectivity index (χ4v) is 3.53. The summed E-state index contributed by atoms with van der Waals surface area (Å²) in [7, 11) is -3.08. The zero-order chi connectivity index (χ0) is 24.7. The Morgan fingerprint density at radius 1 is 1.24 bits per heavy atom. The van der Waals surface area contributed by atoms with E-state index < -0.39 is 13.9 Å². The fourth-order valence-electron chi connectivity index (χ4n) is 3.22. The van der Waals surface area contributed by atoms with E-state index in [1.165, 1.54) is 18.3 Å². The van der Waals surface area contributed by atoms with Crippen molar-refractivity contribution in [1.82, 2.24) is 19.9 Å². The maximum absolute atomic E-state index is 11.1. The molecule has 34 heavy (non-hydrogen) atoms. The van der Waals surface area contributed by atoms with Crippen LogP contribution in [-0.4, -0.2) is 80.4 Å². The summed E-state index contributed by atoms with van der Waals surface area (Å²) in [4.78, 5) is 42.5. The fraction of sp³-hybridized carbons (Fsp3) is 0.474. The third kappa shape index (κ3) is 7.15. The Bertz CT molecular complexity index is 1040. The summed E-state index contributed by atoms with van der Waals surface area (Å²) in [6.07, 6.45) is 1.24. The number of piperidine rings is 1. The van der Waals surface area contributed by atoms with Gasteiger partial charge in [0.15, 0.2) is 5.82 Å². The summed E-state index contributed by atoms with van der Waals surface area (Å²) >= 11 is 0. The minimum absolute atomic E-state index is 0.0872. The maximum Gasteiger partial charge on any atom is 0.469 e. The van der Waals surface area contributed by atoms with E-state index in [2.05, 4.69) is 24.8 Å². The van der Waals surface area contributed by atoms with Gasteiger partial charge >= 0.3 is 13.9 Å². The van der Waals surface area contributed by atoms with Crippen LogP contribution >= 0.6 is 7.82 Å². The predicted molar refractivity (Wildman–Crippen MR) is 118 cm³/mol. The van der Waals surface area contributed by atoms with Crippen molar-refractivity contribution in [2.75, 3.05) is 38.7 Å². The third-order valence-electron chi connectivity index (χ3n) is 4.87. The van der Waals surface area contributed by atoms with Crippen molar-refractivity contribution in [2.24, 2.45) is 0 Å². The number of phosphoric ester groups is 1. The van der Waals surface area contributed by atoms with E-state index in [0.29, 0.717) is 43.1 Å². The number of aryl methyl sites for hydroxylation is 1. The normalized spacial score (nSPS) is 14.5. The first-order valence-corrected chi connectivity index (χ1v) is 11.8. The molecule has 0 atom stereocenters. The first kappa shape index (κ1) is 25.4. The molecule has 2 aromatic heterocycles. The topological polar surface area (TPSA) is 186 Å². The van der Waals surface area contributed by atoms with Crippen LogP contribution in [0.2, 0.25) is 0 Å². The molecule has 0 spiro atoms. The molecule has 4 N–H and O–H groups in total. The number of hydrogen-bond donors (Lipinski definition) is 4. The summed E-state index contributed by atoms with van der Waals surface area (Å²) in [6.45, 7) is 2.12. The average molecular weight is 499 g/mol. The predicted octanol–water partition coefficient (Wildman–Crippen LogP) is 1.94. The number of anilines is 2. The second-order valence-electron chi connectivity index (χ2n) is 7.23. The summed E-state index contributed by atoms with van der Waals surface area (Å²) in [5, 5.41) is 12.2. The first-order chi connectivity index (χ1) is 16.2. The minimum atomic E-state index is -4.54. The van der Waals surface area contributed by atoms with E-state index in [0.717, 1.165) is 0 Å². The molecule has 0 bridgehead atoms. The zero-order valence-electron chi connectivity index (χ0n) is 18.6. The molecule has 14 nitrogen and oxygen atoms in total. The van der Waals surface area contributed by atoms with E-state index in [4.69, 9.17) is 29.1 Å². The number of amides is 1. The number of carbonyl (C=O) groups is 1. The molecule has 15 heteroatoms. The van der Waals surface area contributed by atoms with Crippen LogP contribution in [0.4, 0.5) is 16.3 Å². The Morgan fingerprint density at radius 2 is 1.97 bits per heavy atom. The van der Waals surface area contributed by atoms with Gasteiger partial charge in [-0.25, -0.2) is 19.3 Å².